The van der Waals surface area contributed by atoms with Crippen LogP contribution in [0.4, 0.5) is 5.95 Å². The Kier molecular flexibility index (Phi) is 2.32. The molecule has 50 valence electrons. The van der Waals surface area contributed by atoms with E-state index in [2.05, 4.69) is 20.5 Å². The molecule has 0 unspecified atom stereocenters. The SMILES string of the molecule is ClCCNc1ncn[nH]1. The van der Waals surface area contributed by atoms with Crippen molar-refractivity contribution >= 4 is 17.5 Å². The van der Waals surface area contributed by atoms with Crippen molar-refractivity contribution in [3.63, 3.8) is 0 Å². The minimum absolute atomic E-state index is 0.570. The number of aromatic nitrogens is 3. The lowest BCUT2D eigenvalue weighted by Gasteiger charge is -1.94. The molecule has 0 radical (unpaired) electrons. The number of anilines is 1. The average Bonchev–Trinajstić information content (AvgIpc) is 2.34. The number of hydrogen-bond acceptors (Lipinski definition) is 3. The van der Waals surface area contributed by atoms with Crippen molar-refractivity contribution in [1.29, 1.82) is 0 Å². The maximum atomic E-state index is 5.39. The van der Waals surface area contributed by atoms with Gasteiger partial charge in [0.15, 0.2) is 0 Å². The third kappa shape index (κ3) is 1.89. The summed E-state index contributed by atoms with van der Waals surface area (Å²) in [5, 5.41) is 9.19. The van der Waals surface area contributed by atoms with E-state index in [1.165, 1.54) is 6.33 Å². The molecule has 0 saturated carbocycles. The van der Waals surface area contributed by atoms with Gasteiger partial charge in [0.05, 0.1) is 0 Å². The largest absolute Gasteiger partial charge is 0.353 e. The fourth-order valence-electron chi connectivity index (χ4n) is 0.456. The molecule has 1 aromatic heterocycles. The quantitative estimate of drug-likeness (QED) is 0.609. The standard InChI is InChI=1S/C4H7ClN4/c5-1-2-6-4-7-3-8-9-4/h3H,1-2H2,(H2,6,7,8,9). The molecular formula is C4H7ClN4. The minimum Gasteiger partial charge on any atom is -0.353 e. The van der Waals surface area contributed by atoms with Gasteiger partial charge in [-0.05, 0) is 0 Å². The number of aromatic amines is 1. The third-order valence-corrected chi connectivity index (χ3v) is 0.991. The van der Waals surface area contributed by atoms with Crippen LogP contribution in [0, 0.1) is 0 Å². The summed E-state index contributed by atoms with van der Waals surface area (Å²) in [6, 6.07) is 0. The van der Waals surface area contributed by atoms with Crippen LogP contribution in [0.5, 0.6) is 0 Å². The van der Waals surface area contributed by atoms with E-state index >= 15 is 0 Å². The van der Waals surface area contributed by atoms with Gasteiger partial charge in [0, 0.05) is 12.4 Å². The summed E-state index contributed by atoms with van der Waals surface area (Å²) in [6.07, 6.45) is 1.44. The summed E-state index contributed by atoms with van der Waals surface area (Å²) >= 11 is 5.39. The van der Waals surface area contributed by atoms with Crippen molar-refractivity contribution in [2.45, 2.75) is 0 Å². The number of H-pyrrole nitrogens is 1. The van der Waals surface area contributed by atoms with E-state index in [0.29, 0.717) is 18.4 Å². The number of nitrogens with zero attached hydrogens (tertiary/aromatic N) is 2. The van der Waals surface area contributed by atoms with Gasteiger partial charge in [0.25, 0.3) is 0 Å². The van der Waals surface area contributed by atoms with Gasteiger partial charge in [0.1, 0.15) is 6.33 Å². The van der Waals surface area contributed by atoms with Crippen molar-refractivity contribution < 1.29 is 0 Å². The molecule has 0 aliphatic rings. The molecule has 0 saturated heterocycles. The Morgan fingerprint density at radius 1 is 1.78 bits per heavy atom. The topological polar surface area (TPSA) is 53.6 Å². The number of alkyl halides is 1. The van der Waals surface area contributed by atoms with Gasteiger partial charge in [-0.3, -0.25) is 0 Å². The second-order valence-corrected chi connectivity index (χ2v) is 1.83. The molecule has 0 aliphatic heterocycles. The number of nitrogens with one attached hydrogen (secondary N) is 2. The van der Waals surface area contributed by atoms with E-state index in [9.17, 15) is 0 Å². The molecular weight excluding hydrogens is 140 g/mol. The Labute approximate surface area is 57.6 Å². The summed E-state index contributed by atoms with van der Waals surface area (Å²) in [6.45, 7) is 0.705. The molecule has 1 aromatic rings. The highest BCUT2D eigenvalue weighted by Crippen LogP contribution is 1.90. The maximum absolute atomic E-state index is 5.39. The van der Waals surface area contributed by atoms with Gasteiger partial charge >= 0.3 is 0 Å². The van der Waals surface area contributed by atoms with Crippen LogP contribution in [0.25, 0.3) is 0 Å². The van der Waals surface area contributed by atoms with Crippen LogP contribution in [0.2, 0.25) is 0 Å². The first-order chi connectivity index (χ1) is 4.43. The lowest BCUT2D eigenvalue weighted by atomic mass is 10.7. The zero-order chi connectivity index (χ0) is 6.53. The Hall–Kier alpha value is -0.770. The molecule has 0 spiro atoms. The maximum Gasteiger partial charge on any atom is 0.218 e. The molecule has 5 heteroatoms. The lowest BCUT2D eigenvalue weighted by molar-refractivity contribution is 1.06. The number of rotatable bonds is 3. The predicted molar refractivity (Wildman–Crippen MR) is 35.6 cm³/mol. The summed E-state index contributed by atoms with van der Waals surface area (Å²) in [5.74, 6) is 1.23. The molecule has 1 heterocycles. The summed E-state index contributed by atoms with van der Waals surface area (Å²) < 4.78 is 0. The molecule has 0 aromatic carbocycles. The minimum atomic E-state index is 0.570. The molecule has 4 nitrogen and oxygen atoms in total. The zero-order valence-electron chi connectivity index (χ0n) is 4.76. The Balaban J connectivity index is 2.30. The highest BCUT2D eigenvalue weighted by molar-refractivity contribution is 6.18. The van der Waals surface area contributed by atoms with Crippen LogP contribution in [0.3, 0.4) is 0 Å². The Morgan fingerprint density at radius 2 is 2.67 bits per heavy atom. The van der Waals surface area contributed by atoms with E-state index in [1.54, 1.807) is 0 Å². The second-order valence-electron chi connectivity index (χ2n) is 1.45. The first-order valence-electron chi connectivity index (χ1n) is 2.58. The first-order valence-corrected chi connectivity index (χ1v) is 3.12. The van der Waals surface area contributed by atoms with E-state index in [1.807, 2.05) is 0 Å². The van der Waals surface area contributed by atoms with Crippen LogP contribution in [0.15, 0.2) is 6.33 Å². The van der Waals surface area contributed by atoms with E-state index in [4.69, 9.17) is 11.6 Å². The number of halogens is 1. The molecule has 0 aliphatic carbocycles. The molecule has 0 atom stereocenters. The molecule has 1 rings (SSSR count). The third-order valence-electron chi connectivity index (χ3n) is 0.802. The molecule has 0 fully saturated rings. The van der Waals surface area contributed by atoms with Crippen LogP contribution in [-0.2, 0) is 0 Å². The smallest absolute Gasteiger partial charge is 0.218 e. The summed E-state index contributed by atoms with van der Waals surface area (Å²) in [7, 11) is 0. The van der Waals surface area contributed by atoms with Crippen molar-refractivity contribution in [3.05, 3.63) is 6.33 Å². The highest BCUT2D eigenvalue weighted by Gasteiger charge is 1.88. The van der Waals surface area contributed by atoms with Crippen molar-refractivity contribution in [2.24, 2.45) is 0 Å². The van der Waals surface area contributed by atoms with Gasteiger partial charge in [-0.1, -0.05) is 0 Å². The normalized spacial score (nSPS) is 9.44. The second kappa shape index (κ2) is 3.29. The average molecular weight is 147 g/mol. The summed E-state index contributed by atoms with van der Waals surface area (Å²) in [5.41, 5.74) is 0. The first kappa shape index (κ1) is 6.35. The van der Waals surface area contributed by atoms with Gasteiger partial charge < -0.3 is 5.32 Å². The van der Waals surface area contributed by atoms with Gasteiger partial charge in [-0.25, -0.2) is 10.1 Å². The molecule has 0 amide bonds. The van der Waals surface area contributed by atoms with Crippen LogP contribution in [-0.4, -0.2) is 27.6 Å². The van der Waals surface area contributed by atoms with E-state index in [-0.39, 0.29) is 0 Å². The van der Waals surface area contributed by atoms with Gasteiger partial charge in [-0.15, -0.1) is 11.6 Å². The predicted octanol–water partition coefficient (Wildman–Crippen LogP) is 0.455. The van der Waals surface area contributed by atoms with E-state index in [0.717, 1.165) is 0 Å². The van der Waals surface area contributed by atoms with Gasteiger partial charge in [-0.2, -0.15) is 5.10 Å². The molecule has 2 N–H and O–H groups in total. The fourth-order valence-corrected chi connectivity index (χ4v) is 0.551. The van der Waals surface area contributed by atoms with Crippen LogP contribution < -0.4 is 5.32 Å². The zero-order valence-corrected chi connectivity index (χ0v) is 5.52. The van der Waals surface area contributed by atoms with Crippen molar-refractivity contribution in [2.75, 3.05) is 17.7 Å². The Morgan fingerprint density at radius 3 is 3.22 bits per heavy atom. The fraction of sp³-hybridized carbons (Fsp3) is 0.500. The lowest BCUT2D eigenvalue weighted by Crippen LogP contribution is -2.03. The van der Waals surface area contributed by atoms with Crippen molar-refractivity contribution in [3.8, 4) is 0 Å². The highest BCUT2D eigenvalue weighted by atomic mass is 35.5. The van der Waals surface area contributed by atoms with E-state index < -0.39 is 0 Å². The van der Waals surface area contributed by atoms with Gasteiger partial charge in [0.2, 0.25) is 5.95 Å². The summed E-state index contributed by atoms with van der Waals surface area (Å²) in [4.78, 5) is 3.82. The van der Waals surface area contributed by atoms with Crippen LogP contribution >= 0.6 is 11.6 Å². The molecule has 0 bridgehead atoms. The molecule has 9 heavy (non-hydrogen) atoms. The van der Waals surface area contributed by atoms with Crippen molar-refractivity contribution in [1.82, 2.24) is 15.2 Å². The monoisotopic (exact) mass is 146 g/mol. The Bertz CT molecular complexity index is 150. The van der Waals surface area contributed by atoms with Crippen LogP contribution in [0.1, 0.15) is 0 Å². The number of hydrogen-bond donors (Lipinski definition) is 2.